The lowest BCUT2D eigenvalue weighted by Gasteiger charge is -2.12. The predicted molar refractivity (Wildman–Crippen MR) is 85.3 cm³/mol. The molecule has 5 nitrogen and oxygen atoms in total. The van der Waals surface area contributed by atoms with Crippen LogP contribution in [0.25, 0.3) is 0 Å². The molecule has 0 radical (unpaired) electrons. The van der Waals surface area contributed by atoms with E-state index in [4.69, 9.17) is 0 Å². The maximum absolute atomic E-state index is 11.9. The smallest absolute Gasteiger partial charge is 0.251 e. The molecule has 5 heteroatoms. The van der Waals surface area contributed by atoms with E-state index in [1.54, 1.807) is 30.3 Å². The maximum Gasteiger partial charge on any atom is 0.251 e. The highest BCUT2D eigenvalue weighted by molar-refractivity contribution is 5.96. The number of hydrogen-bond donors (Lipinski definition) is 3. The summed E-state index contributed by atoms with van der Waals surface area (Å²) in [5.74, 6) is -0.311. The van der Waals surface area contributed by atoms with Crippen LogP contribution < -0.4 is 16.0 Å². The molecule has 0 aliphatic rings. The molecule has 0 saturated carbocycles. The Morgan fingerprint density at radius 1 is 1.29 bits per heavy atom. The number of benzene rings is 1. The van der Waals surface area contributed by atoms with Crippen LogP contribution in [-0.4, -0.2) is 31.4 Å². The Balaban J connectivity index is 2.56. The fraction of sp³-hybridized carbons (Fsp3) is 0.375. The van der Waals surface area contributed by atoms with E-state index in [2.05, 4.69) is 22.5 Å². The molecule has 0 spiro atoms. The van der Waals surface area contributed by atoms with Crippen LogP contribution in [0.3, 0.4) is 0 Å². The van der Waals surface area contributed by atoms with Gasteiger partial charge in [0.25, 0.3) is 5.91 Å². The van der Waals surface area contributed by atoms with Crippen molar-refractivity contribution in [2.45, 2.75) is 13.8 Å². The van der Waals surface area contributed by atoms with Crippen LogP contribution in [0.4, 0.5) is 5.69 Å². The van der Waals surface area contributed by atoms with Crippen molar-refractivity contribution in [3.05, 3.63) is 42.5 Å². The van der Waals surface area contributed by atoms with E-state index < -0.39 is 0 Å². The van der Waals surface area contributed by atoms with Crippen molar-refractivity contribution in [3.8, 4) is 0 Å². The fourth-order valence-corrected chi connectivity index (χ4v) is 1.69. The monoisotopic (exact) mass is 289 g/mol. The molecule has 1 atom stereocenters. The van der Waals surface area contributed by atoms with Crippen molar-refractivity contribution in [1.29, 1.82) is 0 Å². The summed E-state index contributed by atoms with van der Waals surface area (Å²) in [5, 5.41) is 8.67. The summed E-state index contributed by atoms with van der Waals surface area (Å²) in [6, 6.07) is 6.81. The van der Waals surface area contributed by atoms with Crippen molar-refractivity contribution in [2.24, 2.45) is 5.92 Å². The van der Waals surface area contributed by atoms with Gasteiger partial charge < -0.3 is 16.0 Å². The van der Waals surface area contributed by atoms with Gasteiger partial charge in [-0.25, -0.2) is 0 Å². The van der Waals surface area contributed by atoms with Gasteiger partial charge in [-0.2, -0.15) is 0 Å². The lowest BCUT2D eigenvalue weighted by atomic mass is 10.1. The molecule has 1 aromatic carbocycles. The van der Waals surface area contributed by atoms with Gasteiger partial charge in [-0.3, -0.25) is 9.59 Å². The zero-order chi connectivity index (χ0) is 15.7. The molecule has 1 aromatic rings. The third kappa shape index (κ3) is 5.79. The molecule has 114 valence electrons. The van der Waals surface area contributed by atoms with Gasteiger partial charge in [0.15, 0.2) is 0 Å². The van der Waals surface area contributed by atoms with Gasteiger partial charge in [0, 0.05) is 30.3 Å². The fourth-order valence-electron chi connectivity index (χ4n) is 1.69. The Hall–Kier alpha value is -2.14. The second-order valence-electron chi connectivity index (χ2n) is 4.77. The summed E-state index contributed by atoms with van der Waals surface area (Å²) in [4.78, 5) is 23.6. The molecule has 21 heavy (non-hydrogen) atoms. The molecule has 3 N–H and O–H groups in total. The van der Waals surface area contributed by atoms with E-state index >= 15 is 0 Å². The summed E-state index contributed by atoms with van der Waals surface area (Å²) in [7, 11) is 0. The molecule has 2 amide bonds. The third-order valence-corrected chi connectivity index (χ3v) is 2.97. The van der Waals surface area contributed by atoms with Crippen molar-refractivity contribution < 1.29 is 9.59 Å². The van der Waals surface area contributed by atoms with Crippen LogP contribution in [0.5, 0.6) is 0 Å². The molecule has 0 fully saturated rings. The first-order chi connectivity index (χ1) is 10.1. The SMILES string of the molecule is C=CCNC(=O)c1ccc(NC(=O)C(C)CNCC)cc1. The van der Waals surface area contributed by atoms with Gasteiger partial charge in [-0.1, -0.05) is 19.9 Å². The number of rotatable bonds is 8. The van der Waals surface area contributed by atoms with Crippen molar-refractivity contribution in [3.63, 3.8) is 0 Å². The normalized spacial score (nSPS) is 11.5. The highest BCUT2D eigenvalue weighted by atomic mass is 16.2. The first-order valence-electron chi connectivity index (χ1n) is 7.09. The number of carbonyl (C=O) groups excluding carboxylic acids is 2. The van der Waals surface area contributed by atoms with Crippen LogP contribution in [0.15, 0.2) is 36.9 Å². The lowest BCUT2D eigenvalue weighted by Crippen LogP contribution is -2.30. The van der Waals surface area contributed by atoms with E-state index in [1.807, 2.05) is 13.8 Å². The van der Waals surface area contributed by atoms with E-state index in [0.717, 1.165) is 6.54 Å². The Labute approximate surface area is 125 Å². The Morgan fingerprint density at radius 3 is 2.52 bits per heavy atom. The standard InChI is InChI=1S/C16H23N3O2/c1-4-10-18-16(21)13-6-8-14(9-7-13)19-15(20)12(3)11-17-5-2/h4,6-9,12,17H,1,5,10-11H2,2-3H3,(H,18,21)(H,19,20). The Morgan fingerprint density at radius 2 is 1.95 bits per heavy atom. The van der Waals surface area contributed by atoms with Crippen LogP contribution in [0.1, 0.15) is 24.2 Å². The average Bonchev–Trinajstić information content (AvgIpc) is 2.50. The third-order valence-electron chi connectivity index (χ3n) is 2.97. The van der Waals surface area contributed by atoms with Crippen LogP contribution >= 0.6 is 0 Å². The number of anilines is 1. The number of carbonyl (C=O) groups is 2. The van der Waals surface area contributed by atoms with Crippen LogP contribution in [-0.2, 0) is 4.79 Å². The van der Waals surface area contributed by atoms with Crippen LogP contribution in [0.2, 0.25) is 0 Å². The highest BCUT2D eigenvalue weighted by Crippen LogP contribution is 2.11. The van der Waals surface area contributed by atoms with Crippen molar-refractivity contribution in [1.82, 2.24) is 10.6 Å². The zero-order valence-electron chi connectivity index (χ0n) is 12.6. The number of amides is 2. The lowest BCUT2D eigenvalue weighted by molar-refractivity contribution is -0.119. The molecule has 1 rings (SSSR count). The van der Waals surface area contributed by atoms with Crippen molar-refractivity contribution >= 4 is 17.5 Å². The quantitative estimate of drug-likeness (QED) is 0.639. The molecule has 0 aromatic heterocycles. The minimum atomic E-state index is -0.159. The molecule has 0 heterocycles. The van der Waals surface area contributed by atoms with Gasteiger partial charge >= 0.3 is 0 Å². The molecule has 0 bridgehead atoms. The van der Waals surface area contributed by atoms with Crippen LogP contribution in [0, 0.1) is 5.92 Å². The van der Waals surface area contributed by atoms with E-state index in [0.29, 0.717) is 24.3 Å². The zero-order valence-corrected chi connectivity index (χ0v) is 12.6. The Bertz CT molecular complexity index is 483. The van der Waals surface area contributed by atoms with E-state index in [9.17, 15) is 9.59 Å². The second-order valence-corrected chi connectivity index (χ2v) is 4.77. The summed E-state index contributed by atoms with van der Waals surface area (Å²) in [5.41, 5.74) is 1.24. The summed E-state index contributed by atoms with van der Waals surface area (Å²) >= 11 is 0. The van der Waals surface area contributed by atoms with Gasteiger partial charge in [-0.15, -0.1) is 6.58 Å². The first-order valence-corrected chi connectivity index (χ1v) is 7.09. The second kappa shape index (κ2) is 8.92. The molecule has 0 aliphatic carbocycles. The van der Waals surface area contributed by atoms with Gasteiger partial charge in [0.2, 0.25) is 5.91 Å². The largest absolute Gasteiger partial charge is 0.349 e. The molecular formula is C16H23N3O2. The Kier molecular flexibility index (Phi) is 7.18. The molecule has 0 saturated heterocycles. The highest BCUT2D eigenvalue weighted by Gasteiger charge is 2.12. The molecule has 1 unspecified atom stereocenters. The molecular weight excluding hydrogens is 266 g/mol. The summed E-state index contributed by atoms with van der Waals surface area (Å²) in [6.07, 6.45) is 1.62. The number of hydrogen-bond acceptors (Lipinski definition) is 3. The topological polar surface area (TPSA) is 70.2 Å². The van der Waals surface area contributed by atoms with Crippen molar-refractivity contribution in [2.75, 3.05) is 25.0 Å². The summed E-state index contributed by atoms with van der Waals surface area (Å²) in [6.45, 7) is 9.33. The van der Waals surface area contributed by atoms with Gasteiger partial charge in [-0.05, 0) is 30.8 Å². The average molecular weight is 289 g/mol. The van der Waals surface area contributed by atoms with Gasteiger partial charge in [0.05, 0.1) is 0 Å². The number of nitrogens with one attached hydrogen (secondary N) is 3. The first kappa shape index (κ1) is 16.9. The van der Waals surface area contributed by atoms with Gasteiger partial charge in [0.1, 0.15) is 0 Å². The predicted octanol–water partition coefficient (Wildman–Crippen LogP) is 1.79. The van der Waals surface area contributed by atoms with E-state index in [1.165, 1.54) is 0 Å². The van der Waals surface area contributed by atoms with E-state index in [-0.39, 0.29) is 17.7 Å². The maximum atomic E-state index is 11.9. The minimum absolute atomic E-state index is 0.0418. The minimum Gasteiger partial charge on any atom is -0.349 e. The summed E-state index contributed by atoms with van der Waals surface area (Å²) < 4.78 is 0. The molecule has 0 aliphatic heterocycles.